The molecule has 1 aliphatic rings. The van der Waals surface area contributed by atoms with Crippen molar-refractivity contribution in [2.45, 2.75) is 19.8 Å². The van der Waals surface area contributed by atoms with Gasteiger partial charge in [-0.1, -0.05) is 6.07 Å². The standard InChI is InChI=1S/C26H27FN6O/c1-17-15-28-24-23(17)25(30-16-29-24)33-12-10-18(11-13-33)26(34)31-20-4-3-5-22(14-20)32(2)21-8-6-19(27)7-9-21/h3-9,14-16,18H,10-13H2,1-2H3,(H,31,34)(H,28,29,30). The zero-order valence-corrected chi connectivity index (χ0v) is 19.3. The number of anilines is 4. The number of fused-ring (bicyclic) bond motifs is 1. The summed E-state index contributed by atoms with van der Waals surface area (Å²) in [6.07, 6.45) is 5.05. The minimum atomic E-state index is -0.267. The van der Waals surface area contributed by atoms with Crippen LogP contribution in [0.1, 0.15) is 18.4 Å². The third-order valence-electron chi connectivity index (χ3n) is 6.53. The monoisotopic (exact) mass is 458 g/mol. The van der Waals surface area contributed by atoms with Gasteiger partial charge in [0.15, 0.2) is 0 Å². The molecule has 4 aromatic rings. The molecular formula is C26H27FN6O. The number of carbonyl (C=O) groups is 1. The van der Waals surface area contributed by atoms with E-state index in [0.717, 1.165) is 65.4 Å². The van der Waals surface area contributed by atoms with Crippen LogP contribution in [0, 0.1) is 18.7 Å². The molecule has 1 fully saturated rings. The first-order valence-corrected chi connectivity index (χ1v) is 11.4. The molecule has 5 rings (SSSR count). The number of hydrogen-bond acceptors (Lipinski definition) is 5. The van der Waals surface area contributed by atoms with Crippen LogP contribution >= 0.6 is 0 Å². The van der Waals surface area contributed by atoms with Gasteiger partial charge in [0.1, 0.15) is 23.6 Å². The fraction of sp³-hybridized carbons (Fsp3) is 0.269. The van der Waals surface area contributed by atoms with Crippen LogP contribution in [0.2, 0.25) is 0 Å². The first-order valence-electron chi connectivity index (χ1n) is 11.4. The SMILES string of the molecule is Cc1c[nH]c2ncnc(N3CCC(C(=O)Nc4cccc(N(C)c5ccc(F)cc5)c4)CC3)c12. The highest BCUT2D eigenvalue weighted by atomic mass is 19.1. The van der Waals surface area contributed by atoms with Crippen LogP contribution in [0.3, 0.4) is 0 Å². The Hall–Kier alpha value is -3.94. The molecule has 8 heteroatoms. The second-order valence-corrected chi connectivity index (χ2v) is 8.73. The van der Waals surface area contributed by atoms with E-state index in [2.05, 4.69) is 25.2 Å². The maximum absolute atomic E-state index is 13.3. The summed E-state index contributed by atoms with van der Waals surface area (Å²) in [6.45, 7) is 3.58. The van der Waals surface area contributed by atoms with Gasteiger partial charge < -0.3 is 20.1 Å². The van der Waals surface area contributed by atoms with E-state index in [-0.39, 0.29) is 17.6 Å². The Balaban J connectivity index is 1.23. The maximum atomic E-state index is 13.3. The average Bonchev–Trinajstić information content (AvgIpc) is 3.25. The van der Waals surface area contributed by atoms with Gasteiger partial charge in [-0.25, -0.2) is 14.4 Å². The lowest BCUT2D eigenvalue weighted by atomic mass is 9.95. The van der Waals surface area contributed by atoms with E-state index in [1.165, 1.54) is 12.1 Å². The number of aryl methyl sites for hydroxylation is 1. The second kappa shape index (κ2) is 9.13. The first-order chi connectivity index (χ1) is 16.5. The van der Waals surface area contributed by atoms with E-state index < -0.39 is 0 Å². The van der Waals surface area contributed by atoms with Gasteiger partial charge in [-0.05, 0) is 67.8 Å². The first kappa shape index (κ1) is 21.9. The van der Waals surface area contributed by atoms with Crippen molar-refractivity contribution in [3.05, 3.63) is 72.4 Å². The highest BCUT2D eigenvalue weighted by molar-refractivity contribution is 5.94. The van der Waals surface area contributed by atoms with Gasteiger partial charge in [0.05, 0.1) is 5.39 Å². The normalized spacial score (nSPS) is 14.4. The van der Waals surface area contributed by atoms with Crippen LogP contribution < -0.4 is 15.1 Å². The van der Waals surface area contributed by atoms with Crippen molar-refractivity contribution >= 4 is 39.8 Å². The highest BCUT2D eigenvalue weighted by Crippen LogP contribution is 2.30. The van der Waals surface area contributed by atoms with Crippen LogP contribution in [-0.2, 0) is 4.79 Å². The lowest BCUT2D eigenvalue weighted by Crippen LogP contribution is -2.38. The summed E-state index contributed by atoms with van der Waals surface area (Å²) < 4.78 is 13.3. The minimum absolute atomic E-state index is 0.0342. The Morgan fingerprint density at radius 3 is 2.65 bits per heavy atom. The summed E-state index contributed by atoms with van der Waals surface area (Å²) in [6, 6.07) is 14.0. The molecule has 1 aliphatic heterocycles. The molecule has 1 amide bonds. The zero-order chi connectivity index (χ0) is 23.7. The number of hydrogen-bond donors (Lipinski definition) is 2. The molecule has 7 nitrogen and oxygen atoms in total. The number of rotatable bonds is 5. The van der Waals surface area contributed by atoms with Crippen molar-refractivity contribution < 1.29 is 9.18 Å². The minimum Gasteiger partial charge on any atom is -0.356 e. The number of aromatic nitrogens is 3. The number of amides is 1. The van der Waals surface area contributed by atoms with Crippen LogP contribution in [0.4, 0.5) is 27.3 Å². The summed E-state index contributed by atoms with van der Waals surface area (Å²) >= 11 is 0. The molecule has 2 N–H and O–H groups in total. The van der Waals surface area contributed by atoms with Crippen molar-refractivity contribution in [2.75, 3.05) is 35.3 Å². The molecule has 34 heavy (non-hydrogen) atoms. The molecule has 2 aromatic heterocycles. The van der Waals surface area contributed by atoms with Gasteiger partial charge in [-0.15, -0.1) is 0 Å². The molecule has 0 bridgehead atoms. The quantitative estimate of drug-likeness (QED) is 0.439. The summed E-state index contributed by atoms with van der Waals surface area (Å²) in [5.41, 5.74) is 4.49. The van der Waals surface area contributed by atoms with E-state index in [1.54, 1.807) is 18.5 Å². The molecule has 0 spiro atoms. The lowest BCUT2D eigenvalue weighted by molar-refractivity contribution is -0.120. The number of aromatic amines is 1. The number of halogens is 1. The second-order valence-electron chi connectivity index (χ2n) is 8.73. The van der Waals surface area contributed by atoms with Gasteiger partial charge >= 0.3 is 0 Å². The molecular weight excluding hydrogens is 431 g/mol. The molecule has 2 aromatic carbocycles. The maximum Gasteiger partial charge on any atom is 0.227 e. The van der Waals surface area contributed by atoms with Crippen molar-refractivity contribution in [2.24, 2.45) is 5.92 Å². The molecule has 0 radical (unpaired) electrons. The van der Waals surface area contributed by atoms with Gasteiger partial charge in [-0.3, -0.25) is 4.79 Å². The molecule has 174 valence electrons. The van der Waals surface area contributed by atoms with E-state index in [4.69, 9.17) is 0 Å². The average molecular weight is 459 g/mol. The number of H-pyrrole nitrogens is 1. The molecule has 0 atom stereocenters. The van der Waals surface area contributed by atoms with Crippen molar-refractivity contribution in [1.82, 2.24) is 15.0 Å². The summed E-state index contributed by atoms with van der Waals surface area (Å²) in [5, 5.41) is 4.13. The van der Waals surface area contributed by atoms with Gasteiger partial charge in [0.2, 0.25) is 5.91 Å². The largest absolute Gasteiger partial charge is 0.356 e. The summed E-state index contributed by atoms with van der Waals surface area (Å²) in [5.74, 6) is 0.641. The fourth-order valence-electron chi connectivity index (χ4n) is 4.54. The van der Waals surface area contributed by atoms with E-state index >= 15 is 0 Å². The Kier molecular flexibility index (Phi) is 5.88. The smallest absolute Gasteiger partial charge is 0.227 e. The summed E-state index contributed by atoms with van der Waals surface area (Å²) in [4.78, 5) is 29.2. The molecule has 0 unspecified atom stereocenters. The van der Waals surface area contributed by atoms with Crippen LogP contribution in [0.25, 0.3) is 11.0 Å². The zero-order valence-electron chi connectivity index (χ0n) is 19.3. The van der Waals surface area contributed by atoms with Gasteiger partial charge in [0.25, 0.3) is 0 Å². The Labute approximate surface area is 197 Å². The van der Waals surface area contributed by atoms with Gasteiger partial charge in [-0.2, -0.15) is 0 Å². The number of nitrogens with one attached hydrogen (secondary N) is 2. The van der Waals surface area contributed by atoms with Crippen molar-refractivity contribution in [3.8, 4) is 0 Å². The number of carbonyl (C=O) groups excluding carboxylic acids is 1. The van der Waals surface area contributed by atoms with Crippen LogP contribution in [-0.4, -0.2) is 41.0 Å². The molecule has 3 heterocycles. The Morgan fingerprint density at radius 1 is 1.12 bits per heavy atom. The number of benzene rings is 2. The van der Waals surface area contributed by atoms with Crippen LogP contribution in [0.15, 0.2) is 61.1 Å². The fourth-order valence-corrected chi connectivity index (χ4v) is 4.54. The predicted molar refractivity (Wildman–Crippen MR) is 133 cm³/mol. The van der Waals surface area contributed by atoms with Crippen LogP contribution in [0.5, 0.6) is 0 Å². The third-order valence-corrected chi connectivity index (χ3v) is 6.53. The van der Waals surface area contributed by atoms with E-state index in [1.807, 2.05) is 49.3 Å². The number of piperidine rings is 1. The predicted octanol–water partition coefficient (Wildman–Crippen LogP) is 5.03. The van der Waals surface area contributed by atoms with E-state index in [0.29, 0.717) is 0 Å². The van der Waals surface area contributed by atoms with Gasteiger partial charge in [0, 0.05) is 49.3 Å². The lowest BCUT2D eigenvalue weighted by Gasteiger charge is -2.32. The number of nitrogens with zero attached hydrogens (tertiary/aromatic N) is 4. The Bertz CT molecular complexity index is 1310. The van der Waals surface area contributed by atoms with Crippen molar-refractivity contribution in [3.63, 3.8) is 0 Å². The highest BCUT2D eigenvalue weighted by Gasteiger charge is 2.27. The van der Waals surface area contributed by atoms with Crippen molar-refractivity contribution in [1.29, 1.82) is 0 Å². The molecule has 1 saturated heterocycles. The topological polar surface area (TPSA) is 77.1 Å². The Morgan fingerprint density at radius 2 is 1.88 bits per heavy atom. The third kappa shape index (κ3) is 4.31. The molecule has 0 saturated carbocycles. The summed E-state index contributed by atoms with van der Waals surface area (Å²) in [7, 11) is 1.92. The van der Waals surface area contributed by atoms with E-state index in [9.17, 15) is 9.18 Å². The molecule has 0 aliphatic carbocycles.